The lowest BCUT2D eigenvalue weighted by molar-refractivity contribution is -0.119. The normalized spacial score (nSPS) is 10.1. The molecule has 88 valence electrons. The van der Waals surface area contributed by atoms with Gasteiger partial charge in [0.1, 0.15) is 11.6 Å². The van der Waals surface area contributed by atoms with Crippen LogP contribution in [0.1, 0.15) is 22.2 Å². The number of nitrogens with two attached hydrogens (primary N) is 1. The van der Waals surface area contributed by atoms with Gasteiger partial charge in [0, 0.05) is 12.0 Å². The Morgan fingerprint density at radius 1 is 1.56 bits per heavy atom. The van der Waals surface area contributed by atoms with Crippen molar-refractivity contribution in [2.24, 2.45) is 5.73 Å². The molecule has 0 bridgehead atoms. The van der Waals surface area contributed by atoms with E-state index in [0.29, 0.717) is 10.6 Å². The van der Waals surface area contributed by atoms with E-state index in [0.717, 1.165) is 11.3 Å². The number of rotatable bonds is 5. The van der Waals surface area contributed by atoms with E-state index in [2.05, 4.69) is 10.1 Å². The van der Waals surface area contributed by atoms with Crippen molar-refractivity contribution in [2.45, 2.75) is 13.3 Å². The predicted octanol–water partition coefficient (Wildman–Crippen LogP) is 0.994. The first-order valence-corrected chi connectivity index (χ1v) is 5.61. The third-order valence-corrected chi connectivity index (χ3v) is 3.12. The Bertz CT molecular complexity index is 401. The molecule has 1 aromatic heterocycles. The Balaban J connectivity index is 2.89. The zero-order valence-electron chi connectivity index (χ0n) is 9.20. The summed E-state index contributed by atoms with van der Waals surface area (Å²) in [5, 5.41) is 3.09. The highest BCUT2D eigenvalue weighted by molar-refractivity contribution is 7.16. The predicted molar refractivity (Wildman–Crippen MR) is 62.7 cm³/mol. The molecule has 0 saturated carbocycles. The molecule has 0 spiro atoms. The first-order chi connectivity index (χ1) is 7.58. The van der Waals surface area contributed by atoms with Crippen LogP contribution in [0.5, 0.6) is 0 Å². The molecule has 6 heteroatoms. The summed E-state index contributed by atoms with van der Waals surface area (Å²) in [6, 6.07) is 1.70. The molecule has 0 radical (unpaired) electrons. The molecule has 0 saturated heterocycles. The van der Waals surface area contributed by atoms with Crippen LogP contribution in [0.15, 0.2) is 6.07 Å². The highest BCUT2D eigenvalue weighted by Gasteiger charge is 2.14. The zero-order valence-corrected chi connectivity index (χ0v) is 10.0. The number of methoxy groups -OCH3 is 1. The number of primary amides is 1. The average molecular weight is 242 g/mol. The van der Waals surface area contributed by atoms with E-state index >= 15 is 0 Å². The van der Waals surface area contributed by atoms with Gasteiger partial charge in [0.05, 0.1) is 5.56 Å². The van der Waals surface area contributed by atoms with E-state index in [4.69, 9.17) is 5.73 Å². The number of hydrogen-bond acceptors (Lipinski definition) is 4. The molecule has 0 aliphatic carbocycles. The van der Waals surface area contributed by atoms with Crippen LogP contribution in [0, 0.1) is 0 Å². The molecule has 3 N–H and O–H groups in total. The summed E-state index contributed by atoms with van der Waals surface area (Å²) in [4.78, 5) is 23.4. The van der Waals surface area contributed by atoms with Gasteiger partial charge in [-0.15, -0.1) is 11.3 Å². The number of nitrogens with one attached hydrogen (secondary N) is 1. The molecular formula is C10H14N2O3S. The van der Waals surface area contributed by atoms with Gasteiger partial charge in [-0.3, -0.25) is 9.59 Å². The van der Waals surface area contributed by atoms with Crippen LogP contribution in [-0.2, 0) is 16.0 Å². The quantitative estimate of drug-likeness (QED) is 0.808. The van der Waals surface area contributed by atoms with Gasteiger partial charge in [0.2, 0.25) is 0 Å². The maximum Gasteiger partial charge on any atom is 0.251 e. The van der Waals surface area contributed by atoms with E-state index in [1.54, 1.807) is 6.07 Å². The monoisotopic (exact) mass is 242 g/mol. The Hall–Kier alpha value is -1.40. The van der Waals surface area contributed by atoms with E-state index < -0.39 is 5.91 Å². The lowest BCUT2D eigenvalue weighted by Gasteiger charge is -2.02. The first kappa shape index (κ1) is 12.7. The fourth-order valence-corrected chi connectivity index (χ4v) is 2.20. The smallest absolute Gasteiger partial charge is 0.251 e. The maximum atomic E-state index is 11.3. The number of aryl methyl sites for hydroxylation is 1. The molecule has 0 aliphatic heterocycles. The molecule has 0 atom stereocenters. The summed E-state index contributed by atoms with van der Waals surface area (Å²) >= 11 is 1.35. The molecule has 1 heterocycles. The lowest BCUT2D eigenvalue weighted by Crippen LogP contribution is -2.19. The molecule has 0 unspecified atom stereocenters. The van der Waals surface area contributed by atoms with Crippen LogP contribution >= 0.6 is 11.3 Å². The summed E-state index contributed by atoms with van der Waals surface area (Å²) in [6.07, 6.45) is 0.797. The van der Waals surface area contributed by atoms with Crippen molar-refractivity contribution < 1.29 is 14.3 Å². The van der Waals surface area contributed by atoms with E-state index in [1.165, 1.54) is 18.4 Å². The van der Waals surface area contributed by atoms with Crippen LogP contribution in [0.4, 0.5) is 5.00 Å². The van der Waals surface area contributed by atoms with E-state index in [1.807, 2.05) is 6.92 Å². The summed E-state index contributed by atoms with van der Waals surface area (Å²) in [5.74, 6) is -0.835. The summed E-state index contributed by atoms with van der Waals surface area (Å²) in [7, 11) is 1.43. The second kappa shape index (κ2) is 5.62. The van der Waals surface area contributed by atoms with Gasteiger partial charge >= 0.3 is 0 Å². The first-order valence-electron chi connectivity index (χ1n) is 4.79. The van der Waals surface area contributed by atoms with Crippen LogP contribution < -0.4 is 11.1 Å². The van der Waals surface area contributed by atoms with Crippen molar-refractivity contribution in [2.75, 3.05) is 19.0 Å². The van der Waals surface area contributed by atoms with Crippen molar-refractivity contribution in [1.82, 2.24) is 0 Å². The molecule has 0 fully saturated rings. The number of thiophene rings is 1. The second-order valence-corrected chi connectivity index (χ2v) is 4.29. The third-order valence-electron chi connectivity index (χ3n) is 1.93. The second-order valence-electron chi connectivity index (χ2n) is 3.15. The lowest BCUT2D eigenvalue weighted by atomic mass is 10.2. The molecule has 0 aliphatic rings. The molecule has 5 nitrogen and oxygen atoms in total. The van der Waals surface area contributed by atoms with Crippen LogP contribution in [0.3, 0.4) is 0 Å². The summed E-state index contributed by atoms with van der Waals surface area (Å²) in [6.45, 7) is 1.93. The van der Waals surface area contributed by atoms with Gasteiger partial charge < -0.3 is 15.8 Å². The van der Waals surface area contributed by atoms with Crippen LogP contribution in [0.2, 0.25) is 0 Å². The Morgan fingerprint density at radius 3 is 2.75 bits per heavy atom. The number of hydrogen-bond donors (Lipinski definition) is 2. The van der Waals surface area contributed by atoms with Gasteiger partial charge in [-0.25, -0.2) is 0 Å². The number of carbonyl (C=O) groups is 2. The topological polar surface area (TPSA) is 81.4 Å². The molecule has 1 aromatic rings. The minimum Gasteiger partial charge on any atom is -0.375 e. The third kappa shape index (κ3) is 3.04. The Morgan fingerprint density at radius 2 is 2.25 bits per heavy atom. The minimum absolute atomic E-state index is 0.0441. The average Bonchev–Trinajstić information content (AvgIpc) is 2.61. The van der Waals surface area contributed by atoms with Crippen LogP contribution in [-0.4, -0.2) is 25.5 Å². The number of amides is 2. The zero-order chi connectivity index (χ0) is 12.1. The fourth-order valence-electron chi connectivity index (χ4n) is 1.19. The van der Waals surface area contributed by atoms with Crippen molar-refractivity contribution in [3.05, 3.63) is 16.5 Å². The van der Waals surface area contributed by atoms with Crippen molar-refractivity contribution in [3.63, 3.8) is 0 Å². The van der Waals surface area contributed by atoms with Crippen molar-refractivity contribution in [3.8, 4) is 0 Å². The van der Waals surface area contributed by atoms with Crippen molar-refractivity contribution >= 4 is 28.2 Å². The van der Waals surface area contributed by atoms with Gasteiger partial charge in [0.15, 0.2) is 0 Å². The summed E-state index contributed by atoms with van der Waals surface area (Å²) in [5.41, 5.74) is 5.57. The highest BCUT2D eigenvalue weighted by Crippen LogP contribution is 2.28. The number of anilines is 1. The number of carbonyl (C=O) groups excluding carboxylic acids is 2. The highest BCUT2D eigenvalue weighted by atomic mass is 32.1. The van der Waals surface area contributed by atoms with E-state index in [9.17, 15) is 9.59 Å². The number of ether oxygens (including phenoxy) is 1. The van der Waals surface area contributed by atoms with Crippen LogP contribution in [0.25, 0.3) is 0 Å². The van der Waals surface area contributed by atoms with Gasteiger partial charge in [-0.05, 0) is 12.5 Å². The standard InChI is InChI=1S/C10H14N2O3S/c1-3-6-4-7(9(11)14)10(16-6)12-8(13)5-15-2/h4H,3,5H2,1-2H3,(H2,11,14)(H,12,13). The van der Waals surface area contributed by atoms with Crippen molar-refractivity contribution in [1.29, 1.82) is 0 Å². The molecule has 1 rings (SSSR count). The Kier molecular flexibility index (Phi) is 4.45. The molecular weight excluding hydrogens is 228 g/mol. The fraction of sp³-hybridized carbons (Fsp3) is 0.400. The largest absolute Gasteiger partial charge is 0.375 e. The maximum absolute atomic E-state index is 11.3. The van der Waals surface area contributed by atoms with Gasteiger partial charge in [-0.2, -0.15) is 0 Å². The minimum atomic E-state index is -0.538. The Labute approximate surface area is 97.6 Å². The van der Waals surface area contributed by atoms with Gasteiger partial charge in [0.25, 0.3) is 11.8 Å². The summed E-state index contributed by atoms with van der Waals surface area (Å²) < 4.78 is 4.69. The van der Waals surface area contributed by atoms with Gasteiger partial charge in [-0.1, -0.05) is 6.92 Å². The molecule has 2 amide bonds. The van der Waals surface area contributed by atoms with E-state index in [-0.39, 0.29) is 12.5 Å². The molecule has 16 heavy (non-hydrogen) atoms. The SMILES string of the molecule is CCc1cc(C(N)=O)c(NC(=O)COC)s1. The molecule has 0 aromatic carbocycles.